The van der Waals surface area contributed by atoms with Crippen molar-refractivity contribution >= 4 is 71.7 Å². The van der Waals surface area contributed by atoms with Crippen molar-refractivity contribution in [3.63, 3.8) is 0 Å². The molecule has 0 heterocycles. The molecule has 19 N–H and O–H groups in total. The van der Waals surface area contributed by atoms with Crippen LogP contribution in [0.15, 0.2) is 0 Å². The standard InChI is InChI=1S/C53H86N14O10S/c1-5-20-36(54)47(71)60-32-17-12-25-41(65-49(73)38(56)22-7-3)51(75)63-34-19-13-26-42(67-53(77)43(66-50(74)39(57)23-8-4)27-14-18-33-61-48(72)37(55)21-6-2)52(76)62-31-15-9-10-28-45(69)64-40(46(58)70)24-11-16-30-59-44(68)29-35-78/h1-4,36-43,78H,9-35,54-57H2,(H2,58,70)(H,59,68)(H,60,71)(H,61,72)(H,62,76)(H,63,75)(H,64,69)(H,65,73)(H,66,74)(H,67,77). The summed E-state index contributed by atoms with van der Waals surface area (Å²) >= 11 is 4.03. The first-order chi connectivity index (χ1) is 37.3. The Balaban J connectivity index is 5.93. The van der Waals surface area contributed by atoms with Crippen LogP contribution >= 0.6 is 12.6 Å². The summed E-state index contributed by atoms with van der Waals surface area (Å²) in [5, 5.41) is 24.4. The van der Waals surface area contributed by atoms with Gasteiger partial charge in [-0.15, -0.1) is 49.4 Å². The molecule has 0 aromatic heterocycles. The number of primary amides is 1. The average molecular weight is 1110 g/mol. The molecule has 24 nitrogen and oxygen atoms in total. The van der Waals surface area contributed by atoms with E-state index >= 15 is 0 Å². The summed E-state index contributed by atoms with van der Waals surface area (Å²) in [5.41, 5.74) is 28.9. The lowest BCUT2D eigenvalue weighted by molar-refractivity contribution is -0.132. The van der Waals surface area contributed by atoms with Crippen LogP contribution in [-0.4, -0.2) is 146 Å². The SMILES string of the molecule is C#CCC(N)C(=O)NCCCCC(NC(=O)C(N)CC#C)C(=O)NCCCCC(NC(=O)C(CCCCNC(=O)C(N)CC#C)NC(=O)C(N)CC#C)C(=O)NCCCCCC(=O)NC(CCCCNC(=O)CCS)C(N)=O. The number of hydrogen-bond donors (Lipinski definition) is 15. The molecule has 25 heteroatoms. The van der Waals surface area contributed by atoms with Gasteiger partial charge < -0.3 is 76.5 Å². The molecule has 78 heavy (non-hydrogen) atoms. The van der Waals surface area contributed by atoms with E-state index in [0.29, 0.717) is 95.8 Å². The van der Waals surface area contributed by atoms with Gasteiger partial charge in [0.25, 0.3) is 0 Å². The van der Waals surface area contributed by atoms with Crippen molar-refractivity contribution in [1.29, 1.82) is 0 Å². The van der Waals surface area contributed by atoms with Gasteiger partial charge in [0.05, 0.1) is 24.2 Å². The smallest absolute Gasteiger partial charge is 0.243 e. The van der Waals surface area contributed by atoms with Crippen molar-refractivity contribution in [3.05, 3.63) is 0 Å². The summed E-state index contributed by atoms with van der Waals surface area (Å²) in [5.74, 6) is 4.61. The Hall–Kier alpha value is -6.87. The van der Waals surface area contributed by atoms with Crippen molar-refractivity contribution in [1.82, 2.24) is 47.9 Å². The van der Waals surface area contributed by atoms with Crippen LogP contribution in [0.5, 0.6) is 0 Å². The maximum Gasteiger partial charge on any atom is 0.243 e. The molecule has 0 aromatic rings. The number of rotatable bonds is 44. The zero-order chi connectivity index (χ0) is 58.7. The quantitative estimate of drug-likeness (QED) is 0.0164. The summed E-state index contributed by atoms with van der Waals surface area (Å²) in [4.78, 5) is 128. The molecule has 8 unspecified atom stereocenters. The first kappa shape index (κ1) is 71.1. The first-order valence-electron chi connectivity index (χ1n) is 26.5. The topological polar surface area (TPSA) is 409 Å². The fraction of sp³-hybridized carbons (Fsp3) is 0.660. The van der Waals surface area contributed by atoms with Crippen LogP contribution in [0.3, 0.4) is 0 Å². The Morgan fingerprint density at radius 1 is 0.359 bits per heavy atom. The van der Waals surface area contributed by atoms with Gasteiger partial charge in [-0.2, -0.15) is 12.6 Å². The van der Waals surface area contributed by atoms with Gasteiger partial charge >= 0.3 is 0 Å². The number of carbonyl (C=O) groups is 10. The van der Waals surface area contributed by atoms with E-state index < -0.39 is 95.6 Å². The highest BCUT2D eigenvalue weighted by atomic mass is 32.1. The van der Waals surface area contributed by atoms with E-state index in [-0.39, 0.29) is 89.4 Å². The maximum absolute atomic E-state index is 14.0. The highest BCUT2D eigenvalue weighted by Gasteiger charge is 2.29. The summed E-state index contributed by atoms with van der Waals surface area (Å²) in [6, 6.07) is -8.11. The van der Waals surface area contributed by atoms with Crippen molar-refractivity contribution in [2.75, 3.05) is 38.5 Å². The second-order valence-electron chi connectivity index (χ2n) is 18.5. The van der Waals surface area contributed by atoms with E-state index in [1.165, 1.54) is 0 Å². The summed E-state index contributed by atoms with van der Waals surface area (Å²) in [6.07, 6.45) is 26.9. The summed E-state index contributed by atoms with van der Waals surface area (Å²) in [7, 11) is 0. The molecule has 0 saturated carbocycles. The molecule has 0 aliphatic carbocycles. The molecule has 434 valence electrons. The monoisotopic (exact) mass is 1110 g/mol. The number of terminal acetylenes is 4. The number of thiol groups is 1. The minimum atomic E-state index is -1.17. The molecule has 0 saturated heterocycles. The maximum atomic E-state index is 14.0. The van der Waals surface area contributed by atoms with Crippen LogP contribution < -0.4 is 76.5 Å². The molecule has 0 aromatic carbocycles. The Kier molecular flexibility index (Phi) is 40.3. The normalized spacial score (nSPS) is 13.7. The molecule has 0 fully saturated rings. The molecule has 0 spiro atoms. The zero-order valence-corrected chi connectivity index (χ0v) is 45.8. The highest BCUT2D eigenvalue weighted by molar-refractivity contribution is 7.80. The van der Waals surface area contributed by atoms with E-state index in [4.69, 9.17) is 54.4 Å². The fourth-order valence-electron chi connectivity index (χ4n) is 7.32. The van der Waals surface area contributed by atoms with Crippen molar-refractivity contribution in [2.24, 2.45) is 28.7 Å². The van der Waals surface area contributed by atoms with Gasteiger partial charge in [0.15, 0.2) is 0 Å². The molecule has 0 rings (SSSR count). The second-order valence-corrected chi connectivity index (χ2v) is 19.0. The van der Waals surface area contributed by atoms with Crippen LogP contribution in [-0.2, 0) is 47.9 Å². The van der Waals surface area contributed by atoms with Crippen LogP contribution in [0.2, 0.25) is 0 Å². The third-order valence-corrected chi connectivity index (χ3v) is 12.1. The molecule has 0 aliphatic heterocycles. The number of unbranched alkanes of at least 4 members (excludes halogenated alkanes) is 6. The molecular weight excluding hydrogens is 1020 g/mol. The first-order valence-corrected chi connectivity index (χ1v) is 27.1. The Bertz CT molecular complexity index is 2090. The molecule has 0 radical (unpaired) electrons. The zero-order valence-electron chi connectivity index (χ0n) is 44.9. The summed E-state index contributed by atoms with van der Waals surface area (Å²) in [6.45, 7) is 1.14. The number of hydrogen-bond acceptors (Lipinski definition) is 15. The predicted molar refractivity (Wildman–Crippen MR) is 300 cm³/mol. The van der Waals surface area contributed by atoms with Crippen LogP contribution in [0, 0.1) is 49.4 Å². The van der Waals surface area contributed by atoms with Gasteiger partial charge in [0.2, 0.25) is 59.1 Å². The van der Waals surface area contributed by atoms with E-state index in [9.17, 15) is 47.9 Å². The van der Waals surface area contributed by atoms with Gasteiger partial charge in [0, 0.05) is 71.2 Å². The number of amides is 10. The van der Waals surface area contributed by atoms with Gasteiger partial charge in [0.1, 0.15) is 24.2 Å². The van der Waals surface area contributed by atoms with Crippen LogP contribution in [0.4, 0.5) is 0 Å². The fourth-order valence-corrected chi connectivity index (χ4v) is 7.52. The predicted octanol–water partition coefficient (Wildman–Crippen LogP) is -3.04. The average Bonchev–Trinajstić information content (AvgIpc) is 3.39. The van der Waals surface area contributed by atoms with Crippen LogP contribution in [0.1, 0.15) is 135 Å². The number of carbonyl (C=O) groups excluding carboxylic acids is 10. The van der Waals surface area contributed by atoms with Gasteiger partial charge in [-0.3, -0.25) is 47.9 Å². The minimum absolute atomic E-state index is 0.0460. The van der Waals surface area contributed by atoms with Crippen molar-refractivity contribution in [2.45, 2.75) is 183 Å². The highest BCUT2D eigenvalue weighted by Crippen LogP contribution is 2.09. The van der Waals surface area contributed by atoms with Gasteiger partial charge in [-0.05, 0) is 95.6 Å². The van der Waals surface area contributed by atoms with E-state index in [0.717, 1.165) is 0 Å². The molecule has 0 aliphatic rings. The molecule has 0 bridgehead atoms. The number of nitrogens with one attached hydrogen (secondary N) is 9. The lowest BCUT2D eigenvalue weighted by Gasteiger charge is -2.24. The van der Waals surface area contributed by atoms with Crippen molar-refractivity contribution in [3.8, 4) is 49.4 Å². The largest absolute Gasteiger partial charge is 0.368 e. The van der Waals surface area contributed by atoms with Crippen LogP contribution in [0.25, 0.3) is 0 Å². The lowest BCUT2D eigenvalue weighted by Crippen LogP contribution is -2.55. The summed E-state index contributed by atoms with van der Waals surface area (Å²) < 4.78 is 0. The third-order valence-electron chi connectivity index (χ3n) is 11.9. The Morgan fingerprint density at radius 2 is 0.679 bits per heavy atom. The van der Waals surface area contributed by atoms with E-state index in [2.05, 4.69) is 84.2 Å². The van der Waals surface area contributed by atoms with Gasteiger partial charge in [-0.1, -0.05) is 6.42 Å². The Labute approximate surface area is 465 Å². The molecule has 10 amide bonds. The minimum Gasteiger partial charge on any atom is -0.368 e. The second kappa shape index (κ2) is 44.1. The number of nitrogens with two attached hydrogens (primary N) is 5. The lowest BCUT2D eigenvalue weighted by atomic mass is 10.0. The molecule has 8 atom stereocenters. The van der Waals surface area contributed by atoms with E-state index in [1.54, 1.807) is 0 Å². The third kappa shape index (κ3) is 34.0. The molecular formula is C53H86N14O10S. The van der Waals surface area contributed by atoms with Crippen molar-refractivity contribution < 1.29 is 47.9 Å². The van der Waals surface area contributed by atoms with Gasteiger partial charge in [-0.25, -0.2) is 0 Å². The Morgan fingerprint density at radius 3 is 1.05 bits per heavy atom. The van der Waals surface area contributed by atoms with E-state index in [1.807, 2.05) is 0 Å².